The zero-order chi connectivity index (χ0) is 30.0. The molecule has 0 amide bonds. The normalized spacial score (nSPS) is 12.5. The van der Waals surface area contributed by atoms with E-state index >= 15 is 0 Å². The van der Waals surface area contributed by atoms with E-state index in [0.717, 1.165) is 27.9 Å². The van der Waals surface area contributed by atoms with Crippen LogP contribution in [0.3, 0.4) is 0 Å². The van der Waals surface area contributed by atoms with E-state index in [1.54, 1.807) is 4.52 Å². The molecule has 2 aromatic heterocycles. The molecular formula is C29H30F3N3O5. The number of hydrogen-bond donors (Lipinski definition) is 2. The zero-order valence-electron chi connectivity index (χ0n) is 22.9. The summed E-state index contributed by atoms with van der Waals surface area (Å²) in [4.78, 5) is 26.0. The Bertz CT molecular complexity index is 1540. The van der Waals surface area contributed by atoms with Gasteiger partial charge in [0.05, 0.1) is 17.0 Å². The standard InChI is InChI=1S/C27H29N3O3.C2HF3O2/c1-16-12-13-20(14-17(16)2)24-23(25(26(31)32)33-27(4,5)6)18(3)28-22-15-21(29-30(22)24)19-10-8-7-9-11-19;3-2(4,5)1(6)7/h7-15,25H,1-6H3,(H,31,32);(H,6,7). The Morgan fingerprint density at radius 1 is 0.900 bits per heavy atom. The first-order valence-corrected chi connectivity index (χ1v) is 12.2. The fraction of sp³-hybridized carbons (Fsp3) is 0.310. The van der Waals surface area contributed by atoms with Crippen molar-refractivity contribution in [1.29, 1.82) is 0 Å². The molecule has 0 bridgehead atoms. The molecule has 11 heteroatoms. The van der Waals surface area contributed by atoms with Gasteiger partial charge in [-0.2, -0.15) is 18.3 Å². The van der Waals surface area contributed by atoms with E-state index in [2.05, 4.69) is 13.0 Å². The Hall–Kier alpha value is -4.25. The molecular weight excluding hydrogens is 527 g/mol. The lowest BCUT2D eigenvalue weighted by Crippen LogP contribution is -2.29. The predicted molar refractivity (Wildman–Crippen MR) is 143 cm³/mol. The number of aromatic nitrogens is 3. The molecule has 212 valence electrons. The van der Waals surface area contributed by atoms with E-state index in [1.807, 2.05) is 83.1 Å². The zero-order valence-corrected chi connectivity index (χ0v) is 22.9. The highest BCUT2D eigenvalue weighted by Gasteiger charge is 2.38. The number of rotatable bonds is 5. The van der Waals surface area contributed by atoms with Crippen molar-refractivity contribution in [2.45, 2.75) is 59.4 Å². The van der Waals surface area contributed by atoms with Crippen molar-refractivity contribution in [1.82, 2.24) is 14.6 Å². The van der Waals surface area contributed by atoms with Gasteiger partial charge in [0.2, 0.25) is 0 Å². The fourth-order valence-electron chi connectivity index (χ4n) is 3.95. The van der Waals surface area contributed by atoms with Crippen LogP contribution >= 0.6 is 0 Å². The van der Waals surface area contributed by atoms with Gasteiger partial charge in [-0.3, -0.25) is 0 Å². The molecule has 4 rings (SSSR count). The second kappa shape index (κ2) is 11.5. The number of alkyl halides is 3. The quantitative estimate of drug-likeness (QED) is 0.286. The lowest BCUT2D eigenvalue weighted by atomic mass is 9.96. The van der Waals surface area contributed by atoms with Crippen molar-refractivity contribution in [2.24, 2.45) is 0 Å². The molecule has 8 nitrogen and oxygen atoms in total. The van der Waals surface area contributed by atoms with Gasteiger partial charge >= 0.3 is 18.1 Å². The largest absolute Gasteiger partial charge is 0.490 e. The molecule has 0 aliphatic rings. The van der Waals surface area contributed by atoms with Crippen LogP contribution < -0.4 is 0 Å². The Labute approximate surface area is 229 Å². The number of halogens is 3. The predicted octanol–water partition coefficient (Wildman–Crippen LogP) is 6.56. The van der Waals surface area contributed by atoms with Gasteiger partial charge in [0.15, 0.2) is 11.8 Å². The number of benzene rings is 2. The minimum absolute atomic E-state index is 0.510. The molecule has 2 N–H and O–H groups in total. The minimum atomic E-state index is -5.08. The van der Waals surface area contributed by atoms with Gasteiger partial charge < -0.3 is 14.9 Å². The number of carbonyl (C=O) groups is 2. The molecule has 40 heavy (non-hydrogen) atoms. The van der Waals surface area contributed by atoms with Crippen LogP contribution in [0.2, 0.25) is 0 Å². The van der Waals surface area contributed by atoms with Crippen LogP contribution in [-0.2, 0) is 14.3 Å². The lowest BCUT2D eigenvalue weighted by Gasteiger charge is -2.27. The van der Waals surface area contributed by atoms with E-state index in [0.29, 0.717) is 22.6 Å². The maximum Gasteiger partial charge on any atom is 0.490 e. The van der Waals surface area contributed by atoms with Gasteiger partial charge in [0.25, 0.3) is 0 Å². The van der Waals surface area contributed by atoms with Gasteiger partial charge in [-0.15, -0.1) is 0 Å². The maximum absolute atomic E-state index is 12.4. The van der Waals surface area contributed by atoms with Crippen molar-refractivity contribution in [3.05, 3.63) is 77.0 Å². The van der Waals surface area contributed by atoms with E-state index in [-0.39, 0.29) is 0 Å². The van der Waals surface area contributed by atoms with Crippen molar-refractivity contribution >= 4 is 17.6 Å². The van der Waals surface area contributed by atoms with Gasteiger partial charge in [0, 0.05) is 28.5 Å². The molecule has 2 aromatic carbocycles. The third kappa shape index (κ3) is 7.03. The summed E-state index contributed by atoms with van der Waals surface area (Å²) in [5, 5.41) is 22.1. The smallest absolute Gasteiger partial charge is 0.479 e. The van der Waals surface area contributed by atoms with Crippen LogP contribution in [0.25, 0.3) is 28.2 Å². The number of carboxylic acid groups (broad SMARTS) is 2. The van der Waals surface area contributed by atoms with Gasteiger partial charge in [-0.25, -0.2) is 19.1 Å². The summed E-state index contributed by atoms with van der Waals surface area (Å²) in [7, 11) is 0. The molecule has 1 atom stereocenters. The Morgan fingerprint density at radius 3 is 2.00 bits per heavy atom. The van der Waals surface area contributed by atoms with E-state index < -0.39 is 29.8 Å². The first-order chi connectivity index (χ1) is 18.5. The summed E-state index contributed by atoms with van der Waals surface area (Å²) in [5.41, 5.74) is 6.67. The highest BCUT2D eigenvalue weighted by molar-refractivity contribution is 5.81. The third-order valence-corrected chi connectivity index (χ3v) is 5.88. The SMILES string of the molecule is Cc1ccc(-c2c(C(OC(C)(C)C)C(=O)O)c(C)nc3cc(-c4ccccc4)nn23)cc1C.O=C(O)C(F)(F)F. The summed E-state index contributed by atoms with van der Waals surface area (Å²) in [6.45, 7) is 11.5. The number of ether oxygens (including phenoxy) is 1. The van der Waals surface area contributed by atoms with E-state index in [1.165, 1.54) is 0 Å². The summed E-state index contributed by atoms with van der Waals surface area (Å²) in [6.07, 6.45) is -6.28. The number of aryl methyl sites for hydroxylation is 3. The van der Waals surface area contributed by atoms with Crippen molar-refractivity contribution in [3.8, 4) is 22.5 Å². The average Bonchev–Trinajstić information content (AvgIpc) is 3.27. The van der Waals surface area contributed by atoms with Crippen molar-refractivity contribution in [2.75, 3.05) is 0 Å². The Balaban J connectivity index is 0.000000559. The molecule has 4 aromatic rings. The third-order valence-electron chi connectivity index (χ3n) is 5.88. The number of fused-ring (bicyclic) bond motifs is 1. The van der Waals surface area contributed by atoms with Crippen LogP contribution in [0, 0.1) is 20.8 Å². The van der Waals surface area contributed by atoms with Gasteiger partial charge in [-0.1, -0.05) is 42.5 Å². The second-order valence-corrected chi connectivity index (χ2v) is 10.2. The first kappa shape index (κ1) is 30.3. The van der Waals surface area contributed by atoms with Crippen molar-refractivity contribution < 1.29 is 37.7 Å². The first-order valence-electron chi connectivity index (χ1n) is 12.2. The van der Waals surface area contributed by atoms with Crippen molar-refractivity contribution in [3.63, 3.8) is 0 Å². The highest BCUT2D eigenvalue weighted by atomic mass is 19.4. The minimum Gasteiger partial charge on any atom is -0.479 e. The molecule has 2 heterocycles. The molecule has 0 saturated carbocycles. The van der Waals surface area contributed by atoms with Crippen LogP contribution in [0.5, 0.6) is 0 Å². The van der Waals surface area contributed by atoms with E-state index in [4.69, 9.17) is 24.7 Å². The molecule has 0 aliphatic carbocycles. The summed E-state index contributed by atoms with van der Waals surface area (Å²) in [5.74, 6) is -3.82. The lowest BCUT2D eigenvalue weighted by molar-refractivity contribution is -0.192. The van der Waals surface area contributed by atoms with Crippen LogP contribution in [0.4, 0.5) is 13.2 Å². The molecule has 0 spiro atoms. The number of nitrogens with zero attached hydrogens (tertiary/aromatic N) is 3. The van der Waals surface area contributed by atoms with Gasteiger partial charge in [-0.05, 0) is 58.7 Å². The number of hydrogen-bond acceptors (Lipinski definition) is 5. The van der Waals surface area contributed by atoms with Gasteiger partial charge in [0.1, 0.15) is 0 Å². The number of carboxylic acids is 2. The molecule has 0 fully saturated rings. The molecule has 0 radical (unpaired) electrons. The molecule has 1 unspecified atom stereocenters. The van der Waals surface area contributed by atoms with Crippen LogP contribution in [0.15, 0.2) is 54.6 Å². The average molecular weight is 558 g/mol. The number of aliphatic carboxylic acids is 2. The molecule has 0 aliphatic heterocycles. The summed E-state index contributed by atoms with van der Waals surface area (Å²) >= 11 is 0. The second-order valence-electron chi connectivity index (χ2n) is 10.2. The molecule has 0 saturated heterocycles. The highest BCUT2D eigenvalue weighted by Crippen LogP contribution is 2.36. The monoisotopic (exact) mass is 557 g/mol. The van der Waals surface area contributed by atoms with Crippen LogP contribution in [-0.4, -0.2) is 48.5 Å². The maximum atomic E-state index is 12.4. The summed E-state index contributed by atoms with van der Waals surface area (Å²) in [6, 6.07) is 17.9. The van der Waals surface area contributed by atoms with E-state index in [9.17, 15) is 23.1 Å². The fourth-order valence-corrected chi connectivity index (χ4v) is 3.95. The van der Waals surface area contributed by atoms with Crippen LogP contribution in [0.1, 0.15) is 49.3 Å². The topological polar surface area (TPSA) is 114 Å². The Kier molecular flexibility index (Phi) is 8.69. The Morgan fingerprint density at radius 2 is 1.50 bits per heavy atom. The summed E-state index contributed by atoms with van der Waals surface area (Å²) < 4.78 is 39.5.